The molecule has 12 nitrogen and oxygen atoms in total. The molecule has 0 saturated carbocycles. The molecule has 0 unspecified atom stereocenters. The van der Waals surface area contributed by atoms with Gasteiger partial charge in [0.05, 0.1) is 13.2 Å². The SMILES string of the molecule is CCCCCCC.CCCCCCCCCCCCCCCC(=O)O[C@@H]1O[C@H](CO)[C@@H](O[C@H]2O[C@H](CO)[C@@H](O)[C@H](O)[C@H]2O)[C@H](O)[C@H]1O. The van der Waals surface area contributed by atoms with Gasteiger partial charge in [-0.2, -0.15) is 0 Å². The van der Waals surface area contributed by atoms with Crippen molar-refractivity contribution in [2.75, 3.05) is 13.2 Å². The van der Waals surface area contributed by atoms with Crippen LogP contribution in [0.3, 0.4) is 0 Å². The summed E-state index contributed by atoms with van der Waals surface area (Å²) in [6, 6.07) is 0. The highest BCUT2D eigenvalue weighted by Crippen LogP contribution is 2.29. The Morgan fingerprint density at radius 1 is 0.511 bits per heavy atom. The number of hydrogen-bond acceptors (Lipinski definition) is 12. The molecule has 0 aliphatic carbocycles. The molecule has 0 aromatic heterocycles. The largest absolute Gasteiger partial charge is 0.433 e. The van der Waals surface area contributed by atoms with Crippen molar-refractivity contribution in [2.24, 2.45) is 0 Å². The van der Waals surface area contributed by atoms with Gasteiger partial charge in [-0.05, 0) is 6.42 Å². The van der Waals surface area contributed by atoms with Gasteiger partial charge in [0, 0.05) is 6.42 Å². The van der Waals surface area contributed by atoms with E-state index >= 15 is 0 Å². The quantitative estimate of drug-likeness (QED) is 0.0613. The molecule has 2 fully saturated rings. The lowest BCUT2D eigenvalue weighted by Crippen LogP contribution is -2.64. The number of carbonyl (C=O) groups is 1. The average molecular weight is 681 g/mol. The fourth-order valence-electron chi connectivity index (χ4n) is 5.81. The molecule has 10 atom stereocenters. The summed E-state index contributed by atoms with van der Waals surface area (Å²) in [4.78, 5) is 12.3. The summed E-state index contributed by atoms with van der Waals surface area (Å²) in [5.74, 6) is -0.607. The van der Waals surface area contributed by atoms with Crippen LogP contribution in [-0.4, -0.2) is 116 Å². The number of unbranched alkanes of at least 4 members (excludes halogenated alkanes) is 16. The topological polar surface area (TPSA) is 196 Å². The Hall–Kier alpha value is -0.930. The number of aliphatic hydroxyl groups is 7. The van der Waals surface area contributed by atoms with Crippen LogP contribution in [0.5, 0.6) is 0 Å². The Morgan fingerprint density at radius 3 is 1.38 bits per heavy atom. The van der Waals surface area contributed by atoms with Gasteiger partial charge in [-0.1, -0.05) is 130 Å². The highest BCUT2D eigenvalue weighted by molar-refractivity contribution is 5.69. The van der Waals surface area contributed by atoms with Gasteiger partial charge in [-0.3, -0.25) is 4.79 Å². The lowest BCUT2D eigenvalue weighted by atomic mass is 9.97. The molecule has 2 aliphatic heterocycles. The Labute approximate surface area is 282 Å². The van der Waals surface area contributed by atoms with E-state index in [9.17, 15) is 40.5 Å². The smallest absolute Gasteiger partial charge is 0.308 e. The summed E-state index contributed by atoms with van der Waals surface area (Å²) < 4.78 is 21.4. The van der Waals surface area contributed by atoms with Crippen molar-refractivity contribution in [1.82, 2.24) is 0 Å². The zero-order valence-corrected chi connectivity index (χ0v) is 29.3. The highest BCUT2D eigenvalue weighted by atomic mass is 16.7. The van der Waals surface area contributed by atoms with Gasteiger partial charge in [0.2, 0.25) is 6.29 Å². The van der Waals surface area contributed by atoms with Gasteiger partial charge in [0.25, 0.3) is 0 Å². The lowest BCUT2D eigenvalue weighted by molar-refractivity contribution is -0.355. The first-order valence-corrected chi connectivity index (χ1v) is 18.4. The predicted molar refractivity (Wildman–Crippen MR) is 177 cm³/mol. The fourth-order valence-corrected chi connectivity index (χ4v) is 5.81. The molecule has 2 heterocycles. The monoisotopic (exact) mass is 680 g/mol. The normalized spacial score (nSPS) is 30.9. The molecule has 0 spiro atoms. The minimum Gasteiger partial charge on any atom is -0.433 e. The molecule has 7 N–H and O–H groups in total. The van der Waals surface area contributed by atoms with Crippen LogP contribution in [-0.2, 0) is 23.7 Å². The van der Waals surface area contributed by atoms with Crippen molar-refractivity contribution in [3.8, 4) is 0 Å². The van der Waals surface area contributed by atoms with Gasteiger partial charge in [0.1, 0.15) is 48.8 Å². The van der Waals surface area contributed by atoms with E-state index in [0.29, 0.717) is 6.42 Å². The maximum absolute atomic E-state index is 12.3. The summed E-state index contributed by atoms with van der Waals surface area (Å²) in [7, 11) is 0. The maximum Gasteiger partial charge on any atom is 0.308 e. The molecule has 2 aliphatic rings. The molecule has 0 aromatic rings. The highest BCUT2D eigenvalue weighted by Gasteiger charge is 2.51. The third-order valence-corrected chi connectivity index (χ3v) is 8.90. The molecule has 2 saturated heterocycles. The molecule has 2 rings (SSSR count). The second kappa shape index (κ2) is 26.9. The molecule has 0 amide bonds. The standard InChI is InChI=1S/C28H52O12.C7H16/c1-2-3-4-5-6-7-8-9-10-11-12-13-14-15-20(31)39-27-25(36)23(34)26(19(17-30)38-27)40-28-24(35)22(33)21(32)18(16-29)37-28;1-3-5-7-6-4-2/h18-19,21-30,32-36H,2-17H2,1H3;3-7H2,1-2H3/t18-,19-,21-,22+,23-,24-,25-,26-,27+,28-;/m1./s1. The van der Waals surface area contributed by atoms with Crippen molar-refractivity contribution >= 4 is 5.97 Å². The first-order valence-electron chi connectivity index (χ1n) is 18.4. The van der Waals surface area contributed by atoms with E-state index in [-0.39, 0.29) is 6.42 Å². The number of carbonyl (C=O) groups excluding carboxylic acids is 1. The maximum atomic E-state index is 12.3. The Morgan fingerprint density at radius 2 is 0.915 bits per heavy atom. The lowest BCUT2D eigenvalue weighted by Gasteiger charge is -2.45. The minimum absolute atomic E-state index is 0.120. The molecular formula is C35H68O12. The Balaban J connectivity index is 0.00000141. The van der Waals surface area contributed by atoms with E-state index in [1.807, 2.05) is 0 Å². The summed E-state index contributed by atoms with van der Waals surface area (Å²) in [5, 5.41) is 70.3. The number of esters is 1. The van der Waals surface area contributed by atoms with Crippen molar-refractivity contribution in [2.45, 2.75) is 204 Å². The molecule has 47 heavy (non-hydrogen) atoms. The molecule has 280 valence electrons. The third kappa shape index (κ3) is 17.0. The van der Waals surface area contributed by atoms with Crippen molar-refractivity contribution in [3.63, 3.8) is 0 Å². The third-order valence-electron chi connectivity index (χ3n) is 8.90. The van der Waals surface area contributed by atoms with Gasteiger partial charge in [-0.15, -0.1) is 0 Å². The van der Waals surface area contributed by atoms with Crippen LogP contribution in [0.25, 0.3) is 0 Å². The first kappa shape index (κ1) is 44.1. The molecule has 0 aromatic carbocycles. The molecule has 0 bridgehead atoms. The summed E-state index contributed by atoms with van der Waals surface area (Å²) in [6.07, 6.45) is 6.72. The van der Waals surface area contributed by atoms with Crippen LogP contribution < -0.4 is 0 Å². The van der Waals surface area contributed by atoms with E-state index in [1.54, 1.807) is 0 Å². The van der Waals surface area contributed by atoms with Crippen molar-refractivity contribution < 1.29 is 59.5 Å². The van der Waals surface area contributed by atoms with E-state index in [1.165, 1.54) is 89.9 Å². The van der Waals surface area contributed by atoms with Crippen LogP contribution in [0.1, 0.15) is 143 Å². The fraction of sp³-hybridized carbons (Fsp3) is 0.971. The number of rotatable bonds is 23. The average Bonchev–Trinajstić information content (AvgIpc) is 3.07. The van der Waals surface area contributed by atoms with Crippen LogP contribution >= 0.6 is 0 Å². The van der Waals surface area contributed by atoms with E-state index < -0.39 is 80.6 Å². The van der Waals surface area contributed by atoms with Gasteiger partial charge < -0.3 is 54.7 Å². The van der Waals surface area contributed by atoms with Crippen LogP contribution in [0, 0.1) is 0 Å². The molecule has 0 radical (unpaired) electrons. The minimum atomic E-state index is -1.75. The number of hydrogen-bond donors (Lipinski definition) is 7. The van der Waals surface area contributed by atoms with Crippen molar-refractivity contribution in [1.29, 1.82) is 0 Å². The second-order valence-corrected chi connectivity index (χ2v) is 13.0. The van der Waals surface area contributed by atoms with E-state index in [0.717, 1.165) is 19.3 Å². The first-order chi connectivity index (χ1) is 22.7. The van der Waals surface area contributed by atoms with Crippen LogP contribution in [0.15, 0.2) is 0 Å². The molecule has 12 heteroatoms. The molecular weight excluding hydrogens is 612 g/mol. The van der Waals surface area contributed by atoms with Crippen LogP contribution in [0.4, 0.5) is 0 Å². The van der Waals surface area contributed by atoms with Crippen LogP contribution in [0.2, 0.25) is 0 Å². The predicted octanol–water partition coefficient (Wildman–Crippen LogP) is 3.61. The zero-order chi connectivity index (χ0) is 35.0. The Bertz CT molecular complexity index is 750. The second-order valence-electron chi connectivity index (χ2n) is 13.0. The van der Waals surface area contributed by atoms with Gasteiger partial charge in [0.15, 0.2) is 6.29 Å². The van der Waals surface area contributed by atoms with Gasteiger partial charge >= 0.3 is 5.97 Å². The number of ether oxygens (including phenoxy) is 4. The van der Waals surface area contributed by atoms with Gasteiger partial charge in [-0.25, -0.2) is 0 Å². The Kier molecular flexibility index (Phi) is 25.2. The zero-order valence-electron chi connectivity index (χ0n) is 29.3. The summed E-state index contributed by atoms with van der Waals surface area (Å²) in [5.41, 5.74) is 0. The summed E-state index contributed by atoms with van der Waals surface area (Å²) >= 11 is 0. The summed E-state index contributed by atoms with van der Waals surface area (Å²) in [6.45, 7) is 5.34. The number of aliphatic hydroxyl groups excluding tert-OH is 7. The van der Waals surface area contributed by atoms with E-state index in [4.69, 9.17) is 18.9 Å². The van der Waals surface area contributed by atoms with Crippen molar-refractivity contribution in [3.05, 3.63) is 0 Å². The van der Waals surface area contributed by atoms with E-state index in [2.05, 4.69) is 20.8 Å².